The second-order valence-corrected chi connectivity index (χ2v) is 4.06. The minimum absolute atomic E-state index is 0.00324. The molecule has 1 unspecified atom stereocenters. The molecule has 1 rings (SSSR count). The maximum atomic E-state index is 10.8. The van der Waals surface area contributed by atoms with E-state index >= 15 is 0 Å². The molecule has 0 aliphatic heterocycles. The number of nitriles is 1. The van der Waals surface area contributed by atoms with E-state index in [2.05, 4.69) is 6.07 Å². The number of hydrogen-bond donors (Lipinski definition) is 1. The highest BCUT2D eigenvalue weighted by Gasteiger charge is 2.29. The second-order valence-electron chi connectivity index (χ2n) is 4.06. The first kappa shape index (κ1) is 12.0. The van der Waals surface area contributed by atoms with Crippen LogP contribution >= 0.6 is 0 Å². The van der Waals surface area contributed by atoms with Gasteiger partial charge in [0.15, 0.2) is 0 Å². The first-order chi connectivity index (χ1) is 7.19. The Kier molecular flexibility index (Phi) is 4.57. The van der Waals surface area contributed by atoms with Crippen LogP contribution in [-0.2, 0) is 4.79 Å². The molecular formula is C11H18N2O2. The fraction of sp³-hybridized carbons (Fsp3) is 0.818. The Morgan fingerprint density at radius 3 is 2.60 bits per heavy atom. The van der Waals surface area contributed by atoms with Crippen LogP contribution in [0.5, 0.6) is 0 Å². The van der Waals surface area contributed by atoms with Crippen molar-refractivity contribution in [3.63, 3.8) is 0 Å². The summed E-state index contributed by atoms with van der Waals surface area (Å²) in [6.45, 7) is 1.93. The molecule has 0 saturated heterocycles. The van der Waals surface area contributed by atoms with Crippen molar-refractivity contribution in [1.82, 2.24) is 4.90 Å². The van der Waals surface area contributed by atoms with Crippen molar-refractivity contribution in [2.75, 3.05) is 6.54 Å². The van der Waals surface area contributed by atoms with E-state index in [1.807, 2.05) is 11.8 Å². The minimum atomic E-state index is -0.837. The van der Waals surface area contributed by atoms with E-state index in [0.29, 0.717) is 12.5 Å². The highest BCUT2D eigenvalue weighted by Crippen LogP contribution is 2.25. The standard InChI is InChI=1S/C11H18N2O2/c1-2-9(7-12)13(8-11(14)15)10-5-3-4-6-10/h9-10H,2-6,8H2,1H3,(H,14,15). The summed E-state index contributed by atoms with van der Waals surface area (Å²) in [5.41, 5.74) is 0. The van der Waals surface area contributed by atoms with E-state index in [9.17, 15) is 4.79 Å². The Morgan fingerprint density at radius 1 is 1.60 bits per heavy atom. The highest BCUT2D eigenvalue weighted by atomic mass is 16.4. The predicted molar refractivity (Wildman–Crippen MR) is 56.3 cm³/mol. The fourth-order valence-corrected chi connectivity index (χ4v) is 2.29. The van der Waals surface area contributed by atoms with Gasteiger partial charge in [0.05, 0.1) is 18.7 Å². The number of aliphatic carboxylic acids is 1. The molecule has 0 aromatic rings. The van der Waals surface area contributed by atoms with E-state index in [1.165, 1.54) is 0 Å². The lowest BCUT2D eigenvalue weighted by atomic mass is 10.1. The summed E-state index contributed by atoms with van der Waals surface area (Å²) in [5, 5.41) is 17.8. The van der Waals surface area contributed by atoms with Crippen molar-refractivity contribution in [3.05, 3.63) is 0 Å². The van der Waals surface area contributed by atoms with Crippen molar-refractivity contribution >= 4 is 5.97 Å². The molecule has 0 bridgehead atoms. The third kappa shape index (κ3) is 3.21. The molecule has 1 aliphatic carbocycles. The van der Waals surface area contributed by atoms with Gasteiger partial charge in [-0.2, -0.15) is 5.26 Å². The molecule has 1 atom stereocenters. The molecule has 4 nitrogen and oxygen atoms in total. The molecule has 0 aromatic heterocycles. The van der Waals surface area contributed by atoms with Gasteiger partial charge in [-0.25, -0.2) is 0 Å². The van der Waals surface area contributed by atoms with Gasteiger partial charge in [0, 0.05) is 6.04 Å². The quantitative estimate of drug-likeness (QED) is 0.748. The van der Waals surface area contributed by atoms with E-state index < -0.39 is 5.97 Å². The number of nitrogens with zero attached hydrogens (tertiary/aromatic N) is 2. The van der Waals surface area contributed by atoms with Gasteiger partial charge in [-0.3, -0.25) is 9.69 Å². The molecule has 1 aliphatic rings. The molecule has 0 heterocycles. The van der Waals surface area contributed by atoms with Crippen LogP contribution in [-0.4, -0.2) is 34.6 Å². The average Bonchev–Trinajstić information content (AvgIpc) is 2.70. The molecule has 15 heavy (non-hydrogen) atoms. The SMILES string of the molecule is CCC(C#N)N(CC(=O)O)C1CCCC1. The molecular weight excluding hydrogens is 192 g/mol. The Labute approximate surface area is 90.5 Å². The molecule has 4 heteroatoms. The first-order valence-corrected chi connectivity index (χ1v) is 5.56. The van der Waals surface area contributed by atoms with Crippen molar-refractivity contribution in [3.8, 4) is 6.07 Å². The van der Waals surface area contributed by atoms with Crippen LogP contribution in [0.3, 0.4) is 0 Å². The molecule has 84 valence electrons. The number of carboxylic acid groups (broad SMARTS) is 1. The molecule has 0 spiro atoms. The van der Waals surface area contributed by atoms with Crippen LogP contribution in [0.2, 0.25) is 0 Å². The topological polar surface area (TPSA) is 64.3 Å². The summed E-state index contributed by atoms with van der Waals surface area (Å²) < 4.78 is 0. The van der Waals surface area contributed by atoms with Crippen LogP contribution < -0.4 is 0 Å². The molecule has 0 aromatic carbocycles. The lowest BCUT2D eigenvalue weighted by Gasteiger charge is -2.30. The maximum Gasteiger partial charge on any atom is 0.317 e. The van der Waals surface area contributed by atoms with Gasteiger partial charge in [-0.05, 0) is 19.3 Å². The number of carbonyl (C=O) groups is 1. The predicted octanol–water partition coefficient (Wildman–Crippen LogP) is 1.62. The van der Waals surface area contributed by atoms with Gasteiger partial charge < -0.3 is 5.11 Å². The largest absolute Gasteiger partial charge is 0.480 e. The summed E-state index contributed by atoms with van der Waals surface area (Å²) in [7, 11) is 0. The van der Waals surface area contributed by atoms with Crippen molar-refractivity contribution in [1.29, 1.82) is 5.26 Å². The normalized spacial score (nSPS) is 19.0. The minimum Gasteiger partial charge on any atom is -0.480 e. The first-order valence-electron chi connectivity index (χ1n) is 5.56. The fourth-order valence-electron chi connectivity index (χ4n) is 2.29. The number of hydrogen-bond acceptors (Lipinski definition) is 3. The maximum absolute atomic E-state index is 10.8. The van der Waals surface area contributed by atoms with Gasteiger partial charge in [0.25, 0.3) is 0 Å². The molecule has 1 fully saturated rings. The summed E-state index contributed by atoms with van der Waals surface area (Å²) in [6, 6.07) is 2.25. The summed E-state index contributed by atoms with van der Waals surface area (Å²) in [6.07, 6.45) is 5.07. The number of rotatable bonds is 5. The van der Waals surface area contributed by atoms with Crippen LogP contribution in [0.25, 0.3) is 0 Å². The van der Waals surface area contributed by atoms with Gasteiger partial charge in [0.2, 0.25) is 0 Å². The van der Waals surface area contributed by atoms with E-state index in [1.54, 1.807) is 0 Å². The summed E-state index contributed by atoms with van der Waals surface area (Å²) in [5.74, 6) is -0.837. The zero-order valence-electron chi connectivity index (χ0n) is 9.15. The zero-order valence-corrected chi connectivity index (χ0v) is 9.15. The van der Waals surface area contributed by atoms with Gasteiger partial charge in [-0.15, -0.1) is 0 Å². The van der Waals surface area contributed by atoms with Crippen LogP contribution in [0.4, 0.5) is 0 Å². The molecule has 1 saturated carbocycles. The lowest BCUT2D eigenvalue weighted by Crippen LogP contribution is -2.44. The van der Waals surface area contributed by atoms with E-state index in [4.69, 9.17) is 10.4 Å². The van der Waals surface area contributed by atoms with Crippen LogP contribution in [0.15, 0.2) is 0 Å². The summed E-state index contributed by atoms with van der Waals surface area (Å²) in [4.78, 5) is 12.6. The Hall–Kier alpha value is -1.08. The van der Waals surface area contributed by atoms with E-state index in [0.717, 1.165) is 25.7 Å². The molecule has 0 radical (unpaired) electrons. The summed E-state index contributed by atoms with van der Waals surface area (Å²) >= 11 is 0. The monoisotopic (exact) mass is 210 g/mol. The third-order valence-corrected chi connectivity index (χ3v) is 3.05. The van der Waals surface area contributed by atoms with Gasteiger partial charge in [-0.1, -0.05) is 19.8 Å². The van der Waals surface area contributed by atoms with Gasteiger partial charge in [0.1, 0.15) is 0 Å². The Bertz CT molecular complexity index is 254. The number of carboxylic acids is 1. The lowest BCUT2D eigenvalue weighted by molar-refractivity contribution is -0.139. The third-order valence-electron chi connectivity index (χ3n) is 3.05. The zero-order chi connectivity index (χ0) is 11.3. The Morgan fingerprint density at radius 2 is 2.20 bits per heavy atom. The van der Waals surface area contributed by atoms with Crippen LogP contribution in [0.1, 0.15) is 39.0 Å². The average molecular weight is 210 g/mol. The van der Waals surface area contributed by atoms with E-state index in [-0.39, 0.29) is 12.6 Å². The smallest absolute Gasteiger partial charge is 0.317 e. The van der Waals surface area contributed by atoms with Crippen molar-refractivity contribution in [2.45, 2.75) is 51.1 Å². The molecule has 0 amide bonds. The van der Waals surface area contributed by atoms with Crippen LogP contribution in [0, 0.1) is 11.3 Å². The molecule has 1 N–H and O–H groups in total. The Balaban J connectivity index is 2.67. The van der Waals surface area contributed by atoms with Crippen molar-refractivity contribution < 1.29 is 9.90 Å². The van der Waals surface area contributed by atoms with Crippen molar-refractivity contribution in [2.24, 2.45) is 0 Å². The van der Waals surface area contributed by atoms with Gasteiger partial charge >= 0.3 is 5.97 Å². The highest BCUT2D eigenvalue weighted by molar-refractivity contribution is 5.69. The second kappa shape index (κ2) is 5.72.